The fourth-order valence-corrected chi connectivity index (χ4v) is 2.57. The van der Waals surface area contributed by atoms with E-state index in [-0.39, 0.29) is 12.5 Å². The van der Waals surface area contributed by atoms with Gasteiger partial charge in [0, 0.05) is 17.8 Å². The van der Waals surface area contributed by atoms with E-state index in [9.17, 15) is 18.0 Å². The Kier molecular flexibility index (Phi) is 6.26. The molecular weight excluding hydrogens is 345 g/mol. The number of likely N-dealkylation sites (N-methyl/N-ethyl adjacent to an activating group) is 1. The molecule has 0 atom stereocenters. The Morgan fingerprint density at radius 1 is 1.15 bits per heavy atom. The van der Waals surface area contributed by atoms with E-state index >= 15 is 0 Å². The minimum atomic E-state index is -4.39. The summed E-state index contributed by atoms with van der Waals surface area (Å²) in [6.07, 6.45) is -4.39. The highest BCUT2D eigenvalue weighted by Gasteiger charge is 2.30. The summed E-state index contributed by atoms with van der Waals surface area (Å²) in [7, 11) is 3.37. The number of alkyl halides is 3. The number of halogens is 3. The van der Waals surface area contributed by atoms with Crippen molar-refractivity contribution in [2.75, 3.05) is 26.0 Å². The van der Waals surface area contributed by atoms with Crippen LogP contribution >= 0.6 is 0 Å². The average Bonchev–Trinajstić information content (AvgIpc) is 2.54. The lowest BCUT2D eigenvalue weighted by molar-refractivity contribution is -0.137. The summed E-state index contributed by atoms with van der Waals surface area (Å²) < 4.78 is 43.0. The number of hydrogen-bond acceptors (Lipinski definition) is 3. The topological polar surface area (TPSA) is 41.6 Å². The highest BCUT2D eigenvalue weighted by atomic mass is 19.4. The zero-order chi connectivity index (χ0) is 19.3. The first-order valence-electron chi connectivity index (χ1n) is 7.98. The number of benzene rings is 2. The van der Waals surface area contributed by atoms with Crippen LogP contribution in [0.4, 0.5) is 18.9 Å². The maximum absolute atomic E-state index is 12.5. The largest absolute Gasteiger partial charge is 0.496 e. The predicted octanol–water partition coefficient (Wildman–Crippen LogP) is 4.09. The number of hydrogen-bond donors (Lipinski definition) is 1. The number of rotatable bonds is 6. The molecule has 2 rings (SSSR count). The normalized spacial score (nSPS) is 11.5. The third kappa shape index (κ3) is 5.49. The number of nitrogens with zero attached hydrogens (tertiary/aromatic N) is 1. The molecule has 0 saturated heterocycles. The number of amides is 1. The maximum atomic E-state index is 12.5. The van der Waals surface area contributed by atoms with Crippen LogP contribution < -0.4 is 10.1 Å². The van der Waals surface area contributed by atoms with Gasteiger partial charge in [0.1, 0.15) is 5.75 Å². The first kappa shape index (κ1) is 19.8. The SMILES string of the molecule is COc1ccc(C)cc1CN(C)CC(=O)Nc1ccc(C(F)(F)F)cc1. The molecule has 2 aromatic carbocycles. The minimum Gasteiger partial charge on any atom is -0.496 e. The third-order valence-corrected chi connectivity index (χ3v) is 3.79. The zero-order valence-electron chi connectivity index (χ0n) is 14.9. The average molecular weight is 366 g/mol. The summed E-state index contributed by atoms with van der Waals surface area (Å²) in [5.41, 5.74) is 1.62. The molecule has 0 heterocycles. The van der Waals surface area contributed by atoms with Crippen molar-refractivity contribution in [2.45, 2.75) is 19.6 Å². The van der Waals surface area contributed by atoms with Crippen molar-refractivity contribution in [3.63, 3.8) is 0 Å². The van der Waals surface area contributed by atoms with Crippen molar-refractivity contribution >= 4 is 11.6 Å². The maximum Gasteiger partial charge on any atom is 0.416 e. The van der Waals surface area contributed by atoms with E-state index in [1.165, 1.54) is 12.1 Å². The Balaban J connectivity index is 1.94. The predicted molar refractivity (Wildman–Crippen MR) is 94.1 cm³/mol. The number of methoxy groups -OCH3 is 1. The van der Waals surface area contributed by atoms with Gasteiger partial charge in [0.05, 0.1) is 19.2 Å². The van der Waals surface area contributed by atoms with Gasteiger partial charge in [0.15, 0.2) is 0 Å². The molecule has 0 aromatic heterocycles. The number of aryl methyl sites for hydroxylation is 1. The molecule has 140 valence electrons. The van der Waals surface area contributed by atoms with Crippen LogP contribution in [0.2, 0.25) is 0 Å². The van der Waals surface area contributed by atoms with E-state index < -0.39 is 11.7 Å². The van der Waals surface area contributed by atoms with E-state index in [0.29, 0.717) is 12.2 Å². The summed E-state index contributed by atoms with van der Waals surface area (Å²) in [6.45, 7) is 2.57. The second kappa shape index (κ2) is 8.23. The lowest BCUT2D eigenvalue weighted by atomic mass is 10.1. The summed E-state index contributed by atoms with van der Waals surface area (Å²) in [4.78, 5) is 13.9. The molecule has 4 nitrogen and oxygen atoms in total. The summed E-state index contributed by atoms with van der Waals surface area (Å²) in [5.74, 6) is 0.435. The van der Waals surface area contributed by atoms with Gasteiger partial charge in [-0.15, -0.1) is 0 Å². The van der Waals surface area contributed by atoms with Crippen molar-refractivity contribution < 1.29 is 22.7 Å². The summed E-state index contributed by atoms with van der Waals surface area (Å²) >= 11 is 0. The summed E-state index contributed by atoms with van der Waals surface area (Å²) in [6, 6.07) is 10.2. The van der Waals surface area contributed by atoms with Crippen molar-refractivity contribution in [3.05, 3.63) is 59.2 Å². The van der Waals surface area contributed by atoms with Crippen LogP contribution in [0, 0.1) is 6.92 Å². The Hall–Kier alpha value is -2.54. The minimum absolute atomic E-state index is 0.0954. The van der Waals surface area contributed by atoms with Gasteiger partial charge in [0.2, 0.25) is 5.91 Å². The Morgan fingerprint density at radius 2 is 1.81 bits per heavy atom. The highest BCUT2D eigenvalue weighted by molar-refractivity contribution is 5.92. The van der Waals surface area contributed by atoms with Gasteiger partial charge in [-0.05, 0) is 44.3 Å². The van der Waals surface area contributed by atoms with Crippen molar-refractivity contribution in [1.82, 2.24) is 4.90 Å². The molecular formula is C19H21F3N2O2. The van der Waals surface area contributed by atoms with Gasteiger partial charge in [-0.25, -0.2) is 0 Å². The number of anilines is 1. The molecule has 0 fully saturated rings. The highest BCUT2D eigenvalue weighted by Crippen LogP contribution is 2.29. The van der Waals surface area contributed by atoms with Crippen LogP contribution in [0.1, 0.15) is 16.7 Å². The lowest BCUT2D eigenvalue weighted by Gasteiger charge is -2.18. The van der Waals surface area contributed by atoms with Crippen molar-refractivity contribution in [3.8, 4) is 5.75 Å². The van der Waals surface area contributed by atoms with E-state index in [4.69, 9.17) is 4.74 Å². The van der Waals surface area contributed by atoms with Crippen LogP contribution in [0.25, 0.3) is 0 Å². The molecule has 0 unspecified atom stereocenters. The van der Waals surface area contributed by atoms with Crippen LogP contribution in [-0.4, -0.2) is 31.5 Å². The first-order valence-corrected chi connectivity index (χ1v) is 7.98. The smallest absolute Gasteiger partial charge is 0.416 e. The quantitative estimate of drug-likeness (QED) is 0.837. The molecule has 0 spiro atoms. The monoisotopic (exact) mass is 366 g/mol. The first-order chi connectivity index (χ1) is 12.2. The molecule has 0 saturated carbocycles. The van der Waals surface area contributed by atoms with E-state index in [1.54, 1.807) is 19.1 Å². The van der Waals surface area contributed by atoms with Crippen molar-refractivity contribution in [1.29, 1.82) is 0 Å². The second-order valence-corrected chi connectivity index (χ2v) is 6.11. The van der Waals surface area contributed by atoms with Gasteiger partial charge in [-0.3, -0.25) is 9.69 Å². The molecule has 26 heavy (non-hydrogen) atoms. The van der Waals surface area contributed by atoms with Crippen LogP contribution in [0.3, 0.4) is 0 Å². The number of carbonyl (C=O) groups excluding carboxylic acids is 1. The van der Waals surface area contributed by atoms with E-state index in [0.717, 1.165) is 29.0 Å². The Morgan fingerprint density at radius 3 is 2.38 bits per heavy atom. The molecule has 1 N–H and O–H groups in total. The molecule has 1 amide bonds. The fourth-order valence-electron chi connectivity index (χ4n) is 2.57. The molecule has 2 aromatic rings. The standard InChI is InChI=1S/C19H21F3N2O2/c1-13-4-9-17(26-3)14(10-13)11-24(2)12-18(25)23-16-7-5-15(6-8-16)19(20,21)22/h4-10H,11-12H2,1-3H3,(H,23,25). The molecule has 0 radical (unpaired) electrons. The Bertz CT molecular complexity index is 758. The summed E-state index contributed by atoms with van der Waals surface area (Å²) in [5, 5.41) is 2.60. The van der Waals surface area contributed by atoms with E-state index in [2.05, 4.69) is 5.32 Å². The molecule has 0 bridgehead atoms. The van der Waals surface area contributed by atoms with Gasteiger partial charge in [-0.1, -0.05) is 17.7 Å². The zero-order valence-corrected chi connectivity index (χ0v) is 14.9. The van der Waals surface area contributed by atoms with E-state index in [1.807, 2.05) is 25.1 Å². The number of carbonyl (C=O) groups is 1. The van der Waals surface area contributed by atoms with Crippen LogP contribution in [-0.2, 0) is 17.5 Å². The van der Waals surface area contributed by atoms with Gasteiger partial charge in [-0.2, -0.15) is 13.2 Å². The fraction of sp³-hybridized carbons (Fsp3) is 0.316. The lowest BCUT2D eigenvalue weighted by Crippen LogP contribution is -2.30. The van der Waals surface area contributed by atoms with Crippen LogP contribution in [0.5, 0.6) is 5.75 Å². The number of ether oxygens (including phenoxy) is 1. The molecule has 0 aliphatic rings. The third-order valence-electron chi connectivity index (χ3n) is 3.79. The van der Waals surface area contributed by atoms with Crippen LogP contribution in [0.15, 0.2) is 42.5 Å². The Labute approximate surface area is 150 Å². The molecule has 7 heteroatoms. The molecule has 0 aliphatic heterocycles. The van der Waals surface area contributed by atoms with Crippen molar-refractivity contribution in [2.24, 2.45) is 0 Å². The van der Waals surface area contributed by atoms with Gasteiger partial charge in [0.25, 0.3) is 0 Å². The number of nitrogens with one attached hydrogen (secondary N) is 1. The second-order valence-electron chi connectivity index (χ2n) is 6.11. The van der Waals surface area contributed by atoms with Gasteiger partial charge >= 0.3 is 6.18 Å². The van der Waals surface area contributed by atoms with Gasteiger partial charge < -0.3 is 10.1 Å². The molecule has 0 aliphatic carbocycles.